The van der Waals surface area contributed by atoms with Crippen molar-refractivity contribution in [2.24, 2.45) is 0 Å². The van der Waals surface area contributed by atoms with E-state index in [9.17, 15) is 14.7 Å². The summed E-state index contributed by atoms with van der Waals surface area (Å²) in [4.78, 5) is 27.7. The van der Waals surface area contributed by atoms with E-state index in [0.29, 0.717) is 21.4 Å². The second-order valence-electron chi connectivity index (χ2n) is 6.07. The number of carbonyl (C=O) groups is 2. The number of hydrogen-bond donors (Lipinski definition) is 4. The van der Waals surface area contributed by atoms with Gasteiger partial charge in [0.1, 0.15) is 11.4 Å². The highest BCUT2D eigenvalue weighted by Gasteiger charge is 2.11. The maximum atomic E-state index is 12.0. The third kappa shape index (κ3) is 7.86. The van der Waals surface area contributed by atoms with Gasteiger partial charge in [0.15, 0.2) is 6.61 Å². The van der Waals surface area contributed by atoms with Crippen molar-refractivity contribution in [1.82, 2.24) is 15.6 Å². The Hall–Kier alpha value is -2.39. The van der Waals surface area contributed by atoms with Crippen LogP contribution in [0.2, 0.25) is 10.0 Å². The molecule has 2 amide bonds. The molecule has 2 aromatic rings. The first kappa shape index (κ1) is 22.9. The molecule has 2 rings (SSSR count). The van der Waals surface area contributed by atoms with Gasteiger partial charge >= 0.3 is 0 Å². The smallest absolute Gasteiger partial charge is 0.269 e. The summed E-state index contributed by atoms with van der Waals surface area (Å²) in [5.74, 6) is -0.424. The molecular weight excluding hydrogens is 421 g/mol. The standard InChI is InChI=1S/C19H21Cl2N3O5/c20-15-2-1-14(8-16(15)21)29-11-18(27)24-9-13(26)4-6-23-19(28)17-7-12(10-25)3-5-22-17/h1-3,5,7-8,13,25-26H,4,6,9-11H2,(H,23,28)(H,24,27)/t13-/m0/s1. The normalized spacial score (nSPS) is 11.6. The Morgan fingerprint density at radius 1 is 1.14 bits per heavy atom. The van der Waals surface area contributed by atoms with E-state index >= 15 is 0 Å². The molecule has 0 aliphatic carbocycles. The lowest BCUT2D eigenvalue weighted by Gasteiger charge is -2.13. The molecule has 29 heavy (non-hydrogen) atoms. The predicted octanol–water partition coefficient (Wildman–Crippen LogP) is 1.56. The molecule has 4 N–H and O–H groups in total. The van der Waals surface area contributed by atoms with Crippen molar-refractivity contribution in [3.8, 4) is 5.75 Å². The van der Waals surface area contributed by atoms with Gasteiger partial charge in [-0.2, -0.15) is 0 Å². The van der Waals surface area contributed by atoms with Gasteiger partial charge in [-0.25, -0.2) is 0 Å². The second-order valence-corrected chi connectivity index (χ2v) is 6.89. The van der Waals surface area contributed by atoms with E-state index in [0.717, 1.165) is 0 Å². The zero-order chi connectivity index (χ0) is 21.2. The molecule has 0 spiro atoms. The summed E-state index contributed by atoms with van der Waals surface area (Å²) in [6.07, 6.45) is 0.825. The summed E-state index contributed by atoms with van der Waals surface area (Å²) in [5.41, 5.74) is 0.759. The number of aromatic nitrogens is 1. The fraction of sp³-hybridized carbons (Fsp3) is 0.316. The number of aliphatic hydroxyl groups excluding tert-OH is 2. The van der Waals surface area contributed by atoms with Gasteiger partial charge in [0.25, 0.3) is 11.8 Å². The molecule has 10 heteroatoms. The fourth-order valence-electron chi connectivity index (χ4n) is 2.24. The number of carbonyl (C=O) groups excluding carboxylic acids is 2. The van der Waals surface area contributed by atoms with Crippen LogP contribution < -0.4 is 15.4 Å². The number of nitrogens with one attached hydrogen (secondary N) is 2. The zero-order valence-corrected chi connectivity index (χ0v) is 16.9. The number of hydrogen-bond acceptors (Lipinski definition) is 6. The topological polar surface area (TPSA) is 121 Å². The number of pyridine rings is 1. The summed E-state index contributed by atoms with van der Waals surface area (Å²) >= 11 is 11.7. The number of nitrogens with zero attached hydrogens (tertiary/aromatic N) is 1. The first-order chi connectivity index (χ1) is 13.9. The largest absolute Gasteiger partial charge is 0.484 e. The van der Waals surface area contributed by atoms with Gasteiger partial charge in [-0.3, -0.25) is 14.6 Å². The van der Waals surface area contributed by atoms with Crippen LogP contribution in [0.1, 0.15) is 22.5 Å². The molecule has 0 bridgehead atoms. The molecule has 0 saturated heterocycles. The summed E-state index contributed by atoms with van der Waals surface area (Å²) in [6, 6.07) is 7.74. The SMILES string of the molecule is O=C(COc1ccc(Cl)c(Cl)c1)NC[C@@H](O)CCNC(=O)c1cc(CO)ccn1. The molecule has 0 fully saturated rings. The Morgan fingerprint density at radius 2 is 1.93 bits per heavy atom. The highest BCUT2D eigenvalue weighted by molar-refractivity contribution is 6.42. The minimum Gasteiger partial charge on any atom is -0.484 e. The average Bonchev–Trinajstić information content (AvgIpc) is 2.73. The van der Waals surface area contributed by atoms with Crippen molar-refractivity contribution in [3.63, 3.8) is 0 Å². The summed E-state index contributed by atoms with van der Waals surface area (Å²) in [6.45, 7) is -0.220. The second kappa shape index (κ2) is 11.6. The Labute approximate surface area is 177 Å². The van der Waals surface area contributed by atoms with E-state index in [4.69, 9.17) is 33.0 Å². The maximum Gasteiger partial charge on any atom is 0.269 e. The van der Waals surface area contributed by atoms with Crippen LogP contribution in [-0.2, 0) is 11.4 Å². The lowest BCUT2D eigenvalue weighted by atomic mass is 10.2. The molecular formula is C19H21Cl2N3O5. The fourth-order valence-corrected chi connectivity index (χ4v) is 2.53. The number of aliphatic hydroxyl groups is 2. The maximum absolute atomic E-state index is 12.0. The van der Waals surface area contributed by atoms with Crippen LogP contribution in [0.5, 0.6) is 5.75 Å². The van der Waals surface area contributed by atoms with Crippen molar-refractivity contribution in [2.45, 2.75) is 19.1 Å². The van der Waals surface area contributed by atoms with Gasteiger partial charge in [-0.1, -0.05) is 23.2 Å². The molecule has 8 nitrogen and oxygen atoms in total. The number of rotatable bonds is 10. The molecule has 0 unspecified atom stereocenters. The molecule has 0 aliphatic rings. The highest BCUT2D eigenvalue weighted by atomic mass is 35.5. The van der Waals surface area contributed by atoms with Crippen LogP contribution in [0.25, 0.3) is 0 Å². The van der Waals surface area contributed by atoms with E-state index in [2.05, 4.69) is 15.6 Å². The van der Waals surface area contributed by atoms with Gasteiger partial charge in [-0.15, -0.1) is 0 Å². The van der Waals surface area contributed by atoms with Gasteiger partial charge < -0.3 is 25.6 Å². The quantitative estimate of drug-likeness (QED) is 0.443. The Balaban J connectivity index is 1.64. The molecule has 0 radical (unpaired) electrons. The highest BCUT2D eigenvalue weighted by Crippen LogP contribution is 2.26. The van der Waals surface area contributed by atoms with Crippen LogP contribution in [0.3, 0.4) is 0 Å². The van der Waals surface area contributed by atoms with Crippen LogP contribution in [-0.4, -0.2) is 52.8 Å². The molecule has 1 atom stereocenters. The molecule has 156 valence electrons. The Kier molecular flexibility index (Phi) is 9.14. The lowest BCUT2D eigenvalue weighted by molar-refractivity contribution is -0.123. The first-order valence-electron chi connectivity index (χ1n) is 8.75. The van der Waals surface area contributed by atoms with Gasteiger partial charge in [-0.05, 0) is 36.2 Å². The number of amides is 2. The van der Waals surface area contributed by atoms with E-state index in [1.54, 1.807) is 18.2 Å². The van der Waals surface area contributed by atoms with Crippen molar-refractivity contribution in [2.75, 3.05) is 19.7 Å². The third-order valence-electron chi connectivity index (χ3n) is 3.80. The van der Waals surface area contributed by atoms with Crippen molar-refractivity contribution in [3.05, 3.63) is 57.8 Å². The van der Waals surface area contributed by atoms with Crippen molar-refractivity contribution in [1.29, 1.82) is 0 Å². The zero-order valence-electron chi connectivity index (χ0n) is 15.4. The molecule has 0 saturated carbocycles. The first-order valence-corrected chi connectivity index (χ1v) is 9.51. The minimum atomic E-state index is -0.846. The average molecular weight is 442 g/mol. The van der Waals surface area contributed by atoms with Gasteiger partial charge in [0.2, 0.25) is 0 Å². The molecule has 1 heterocycles. The predicted molar refractivity (Wildman–Crippen MR) is 108 cm³/mol. The Bertz CT molecular complexity index is 850. The minimum absolute atomic E-state index is 0.0116. The van der Waals surface area contributed by atoms with Crippen molar-refractivity contribution >= 4 is 35.0 Å². The third-order valence-corrected chi connectivity index (χ3v) is 4.54. The molecule has 0 aliphatic heterocycles. The van der Waals surface area contributed by atoms with Gasteiger partial charge in [0, 0.05) is 25.4 Å². The Morgan fingerprint density at radius 3 is 2.66 bits per heavy atom. The van der Waals surface area contributed by atoms with E-state index in [-0.39, 0.29) is 38.4 Å². The summed E-state index contributed by atoms with van der Waals surface area (Å²) in [7, 11) is 0. The number of ether oxygens (including phenoxy) is 1. The lowest BCUT2D eigenvalue weighted by Crippen LogP contribution is -2.37. The number of halogens is 2. The van der Waals surface area contributed by atoms with Crippen LogP contribution in [0, 0.1) is 0 Å². The van der Waals surface area contributed by atoms with Crippen LogP contribution in [0.15, 0.2) is 36.5 Å². The molecule has 1 aromatic carbocycles. The van der Waals surface area contributed by atoms with E-state index < -0.39 is 17.9 Å². The molecule has 1 aromatic heterocycles. The van der Waals surface area contributed by atoms with Gasteiger partial charge in [0.05, 0.1) is 22.8 Å². The van der Waals surface area contributed by atoms with Crippen LogP contribution >= 0.6 is 23.2 Å². The monoisotopic (exact) mass is 441 g/mol. The van der Waals surface area contributed by atoms with Crippen LogP contribution in [0.4, 0.5) is 0 Å². The number of benzene rings is 1. The van der Waals surface area contributed by atoms with E-state index in [1.807, 2.05) is 0 Å². The summed E-state index contributed by atoms with van der Waals surface area (Å²) < 4.78 is 5.30. The summed E-state index contributed by atoms with van der Waals surface area (Å²) in [5, 5.41) is 24.9. The van der Waals surface area contributed by atoms with E-state index in [1.165, 1.54) is 18.3 Å². The van der Waals surface area contributed by atoms with Crippen molar-refractivity contribution < 1.29 is 24.5 Å².